The van der Waals surface area contributed by atoms with E-state index in [2.05, 4.69) is 0 Å². The first-order valence-electron chi connectivity index (χ1n) is 13.1. The van der Waals surface area contributed by atoms with E-state index >= 15 is 0 Å². The highest BCUT2D eigenvalue weighted by atomic mass is 127. The highest BCUT2D eigenvalue weighted by Gasteiger charge is 2.41. The molecule has 0 aromatic heterocycles. The van der Waals surface area contributed by atoms with Crippen molar-refractivity contribution in [2.45, 2.75) is 18.7 Å². The highest BCUT2D eigenvalue weighted by Crippen LogP contribution is 2.38. The van der Waals surface area contributed by atoms with E-state index in [-0.39, 0.29) is 33.7 Å². The van der Waals surface area contributed by atoms with E-state index < -0.39 is 21.9 Å². The maximum Gasteiger partial charge on any atom is 0.339 e. The van der Waals surface area contributed by atoms with Crippen molar-refractivity contribution >= 4 is 79.3 Å². The van der Waals surface area contributed by atoms with Crippen LogP contribution in [-0.4, -0.2) is 32.0 Å². The van der Waals surface area contributed by atoms with Gasteiger partial charge in [0.2, 0.25) is 0 Å². The van der Waals surface area contributed by atoms with Crippen molar-refractivity contribution in [3.8, 4) is 11.5 Å². The maximum atomic E-state index is 13.8. The normalized spacial score (nSPS) is 13.7. The molecule has 0 spiro atoms. The quantitative estimate of drug-likeness (QED) is 0.0673. The molecule has 4 aromatic carbocycles. The standard InChI is InChI=1S/C32H25IN2O6S2/c1-3-40-28-20-22(19-27(33)29(28)41-43(38,39)25-16-14-21(2)15-17-25)18-26-30(36)34(23-10-6-4-7-11-23)32(42)35(31(26)37)24-12-8-5-9-13-24/h4-20H,3H2,1-2H3. The van der Waals surface area contributed by atoms with E-state index in [1.165, 1.54) is 34.1 Å². The Bertz CT molecular complexity index is 1780. The van der Waals surface area contributed by atoms with Crippen molar-refractivity contribution in [3.63, 3.8) is 0 Å². The molecule has 0 radical (unpaired) electrons. The number of hydrogen-bond donors (Lipinski definition) is 0. The second-order valence-corrected chi connectivity index (χ2v) is 12.5. The van der Waals surface area contributed by atoms with E-state index in [0.717, 1.165) is 5.56 Å². The van der Waals surface area contributed by atoms with Gasteiger partial charge in [-0.2, -0.15) is 8.42 Å². The van der Waals surface area contributed by atoms with Crippen LogP contribution in [0, 0.1) is 10.5 Å². The zero-order valence-corrected chi connectivity index (χ0v) is 26.9. The Labute approximate surface area is 268 Å². The molecule has 0 aliphatic carbocycles. The number of ether oxygens (including phenoxy) is 1. The number of carbonyl (C=O) groups is 2. The predicted octanol–water partition coefficient (Wildman–Crippen LogP) is 6.51. The minimum Gasteiger partial charge on any atom is -0.490 e. The van der Waals surface area contributed by atoms with Gasteiger partial charge in [-0.15, -0.1) is 0 Å². The van der Waals surface area contributed by atoms with Gasteiger partial charge >= 0.3 is 10.1 Å². The lowest BCUT2D eigenvalue weighted by molar-refractivity contribution is -0.120. The van der Waals surface area contributed by atoms with Gasteiger partial charge in [-0.3, -0.25) is 19.4 Å². The topological polar surface area (TPSA) is 93.2 Å². The molecule has 0 bridgehead atoms. The van der Waals surface area contributed by atoms with Crippen LogP contribution < -0.4 is 18.7 Å². The van der Waals surface area contributed by atoms with Crippen molar-refractivity contribution in [3.05, 3.63) is 117 Å². The van der Waals surface area contributed by atoms with Crippen molar-refractivity contribution in [1.82, 2.24) is 0 Å². The lowest BCUT2D eigenvalue weighted by Gasteiger charge is -2.36. The van der Waals surface area contributed by atoms with Crippen LogP contribution >= 0.6 is 34.8 Å². The number of para-hydroxylation sites is 2. The molecule has 1 aliphatic rings. The molecule has 43 heavy (non-hydrogen) atoms. The number of nitrogens with zero attached hydrogens (tertiary/aromatic N) is 2. The third-order valence-corrected chi connectivity index (χ3v) is 8.83. The Hall–Kier alpha value is -4.07. The fraction of sp³-hybridized carbons (Fsp3) is 0.0938. The molecule has 1 aliphatic heterocycles. The summed E-state index contributed by atoms with van der Waals surface area (Å²) in [5.74, 6) is -1.04. The Morgan fingerprint density at radius 1 is 0.837 bits per heavy atom. The van der Waals surface area contributed by atoms with Gasteiger partial charge in [0.15, 0.2) is 16.6 Å². The highest BCUT2D eigenvalue weighted by molar-refractivity contribution is 14.1. The molecule has 4 aromatic rings. The first kappa shape index (κ1) is 30.4. The molecule has 11 heteroatoms. The summed E-state index contributed by atoms with van der Waals surface area (Å²) in [6, 6.07) is 27.1. The number of halogens is 1. The lowest BCUT2D eigenvalue weighted by atomic mass is 10.0. The zero-order valence-electron chi connectivity index (χ0n) is 23.1. The largest absolute Gasteiger partial charge is 0.490 e. The number of thiocarbonyl (C=S) groups is 1. The number of aryl methyl sites for hydroxylation is 1. The number of benzene rings is 4. The molecule has 1 saturated heterocycles. The molecule has 2 amide bonds. The van der Waals surface area contributed by atoms with Crippen molar-refractivity contribution in [2.75, 3.05) is 16.4 Å². The molecule has 0 unspecified atom stereocenters. The number of amides is 2. The molecule has 1 fully saturated rings. The SMILES string of the molecule is CCOc1cc(C=C2C(=O)N(c3ccccc3)C(=S)N(c3ccccc3)C2=O)cc(I)c1OS(=O)(=O)c1ccc(C)cc1. The summed E-state index contributed by atoms with van der Waals surface area (Å²) in [6.07, 6.45) is 1.45. The third-order valence-electron chi connectivity index (χ3n) is 6.42. The van der Waals surface area contributed by atoms with E-state index in [1.54, 1.807) is 73.7 Å². The Balaban J connectivity index is 1.59. The lowest BCUT2D eigenvalue weighted by Crippen LogP contribution is -2.56. The predicted molar refractivity (Wildman–Crippen MR) is 178 cm³/mol. The number of anilines is 2. The number of hydrogen-bond acceptors (Lipinski definition) is 7. The first-order valence-corrected chi connectivity index (χ1v) is 16.0. The van der Waals surface area contributed by atoms with E-state index in [1.807, 2.05) is 41.6 Å². The molecule has 5 rings (SSSR count). The fourth-order valence-electron chi connectivity index (χ4n) is 4.38. The fourth-order valence-corrected chi connectivity index (χ4v) is 6.60. The van der Waals surface area contributed by atoms with Gasteiger partial charge in [-0.05, 0) is 109 Å². The average Bonchev–Trinajstić information content (AvgIpc) is 2.98. The second kappa shape index (κ2) is 12.7. The molecule has 8 nitrogen and oxygen atoms in total. The molecule has 0 N–H and O–H groups in total. The minimum atomic E-state index is -4.17. The van der Waals surface area contributed by atoms with Crippen LogP contribution in [0.2, 0.25) is 0 Å². The van der Waals surface area contributed by atoms with Crippen LogP contribution in [0.1, 0.15) is 18.1 Å². The van der Waals surface area contributed by atoms with Gasteiger partial charge in [0.1, 0.15) is 10.5 Å². The molecular weight excluding hydrogens is 699 g/mol. The Morgan fingerprint density at radius 2 is 1.37 bits per heavy atom. The molecule has 218 valence electrons. The summed E-state index contributed by atoms with van der Waals surface area (Å²) >= 11 is 7.60. The van der Waals surface area contributed by atoms with Gasteiger partial charge in [0, 0.05) is 0 Å². The summed E-state index contributed by atoms with van der Waals surface area (Å²) in [4.78, 5) is 30.3. The average molecular weight is 725 g/mol. The Kier molecular flexibility index (Phi) is 8.95. The summed E-state index contributed by atoms with van der Waals surface area (Å²) in [7, 11) is -4.17. The molecule has 0 atom stereocenters. The van der Waals surface area contributed by atoms with Crippen LogP contribution in [-0.2, 0) is 19.7 Å². The van der Waals surface area contributed by atoms with Crippen LogP contribution in [0.4, 0.5) is 11.4 Å². The van der Waals surface area contributed by atoms with Gasteiger partial charge in [-0.1, -0.05) is 54.1 Å². The van der Waals surface area contributed by atoms with Crippen molar-refractivity contribution in [2.24, 2.45) is 0 Å². The minimum absolute atomic E-state index is 0.00100. The second-order valence-electron chi connectivity index (χ2n) is 9.41. The smallest absolute Gasteiger partial charge is 0.339 e. The third kappa shape index (κ3) is 6.33. The van der Waals surface area contributed by atoms with Crippen molar-refractivity contribution in [1.29, 1.82) is 0 Å². The van der Waals surface area contributed by atoms with E-state index in [9.17, 15) is 18.0 Å². The molecule has 0 saturated carbocycles. The van der Waals surface area contributed by atoms with Gasteiger partial charge in [0.05, 0.1) is 21.6 Å². The zero-order chi connectivity index (χ0) is 30.7. The number of rotatable bonds is 8. The molecule has 1 heterocycles. The maximum absolute atomic E-state index is 13.8. The summed E-state index contributed by atoms with van der Waals surface area (Å²) in [5, 5.41) is 0.0270. The van der Waals surface area contributed by atoms with Gasteiger partial charge in [-0.25, -0.2) is 0 Å². The van der Waals surface area contributed by atoms with Crippen LogP contribution in [0.25, 0.3) is 6.08 Å². The molecular formula is C32H25IN2O6S2. The summed E-state index contributed by atoms with van der Waals surface area (Å²) in [6.45, 7) is 3.82. The van der Waals surface area contributed by atoms with Gasteiger partial charge < -0.3 is 8.92 Å². The first-order chi connectivity index (χ1) is 20.6. The van der Waals surface area contributed by atoms with Crippen LogP contribution in [0.3, 0.4) is 0 Å². The van der Waals surface area contributed by atoms with Crippen LogP contribution in [0.15, 0.2) is 108 Å². The monoisotopic (exact) mass is 724 g/mol. The van der Waals surface area contributed by atoms with E-state index in [0.29, 0.717) is 20.5 Å². The van der Waals surface area contributed by atoms with Gasteiger partial charge in [0.25, 0.3) is 11.8 Å². The van der Waals surface area contributed by atoms with Crippen molar-refractivity contribution < 1.29 is 26.9 Å². The van der Waals surface area contributed by atoms with E-state index in [4.69, 9.17) is 21.1 Å². The summed E-state index contributed by atoms with van der Waals surface area (Å²) < 4.78 is 37.9. The van der Waals surface area contributed by atoms with Crippen LogP contribution in [0.5, 0.6) is 11.5 Å². The Morgan fingerprint density at radius 3 is 1.88 bits per heavy atom. The number of carbonyl (C=O) groups excluding carboxylic acids is 2. The summed E-state index contributed by atoms with van der Waals surface area (Å²) in [5.41, 5.74) is 2.21.